The molecule has 4 heterocycles. The molecule has 0 radical (unpaired) electrons. The summed E-state index contributed by atoms with van der Waals surface area (Å²) in [4.78, 5) is 20.2. The maximum Gasteiger partial charge on any atom is 0.145 e. The fraction of sp³-hybridized carbons (Fsp3) is 0.550. The number of piperidine rings is 1. The lowest BCUT2D eigenvalue weighted by molar-refractivity contribution is 0.246. The molecule has 2 fully saturated rings. The number of aromatic nitrogens is 3. The highest BCUT2D eigenvalue weighted by Gasteiger charge is 2.21. The molecule has 0 amide bonds. The Morgan fingerprint density at radius 1 is 0.926 bits per heavy atom. The molecule has 0 aromatic carbocycles. The Balaban J connectivity index is 1.40. The van der Waals surface area contributed by atoms with Crippen molar-refractivity contribution in [1.82, 2.24) is 19.9 Å². The van der Waals surface area contributed by atoms with E-state index < -0.39 is 0 Å². The lowest BCUT2D eigenvalue weighted by Crippen LogP contribution is -2.46. The maximum atomic E-state index is 13.8. The Morgan fingerprint density at radius 3 is 2.26 bits per heavy atom. The molecule has 0 aliphatic carbocycles. The van der Waals surface area contributed by atoms with E-state index in [0.29, 0.717) is 12.1 Å². The van der Waals surface area contributed by atoms with Crippen molar-refractivity contribution in [1.29, 1.82) is 0 Å². The first-order valence-corrected chi connectivity index (χ1v) is 9.85. The lowest BCUT2D eigenvalue weighted by atomic mass is 10.1. The molecular formula is C20H27FN6. The molecule has 4 rings (SSSR count). The Hall–Kier alpha value is -2.28. The second kappa shape index (κ2) is 8.17. The minimum Gasteiger partial charge on any atom is -0.356 e. The van der Waals surface area contributed by atoms with E-state index in [1.54, 1.807) is 12.3 Å². The minimum absolute atomic E-state index is 0.225. The van der Waals surface area contributed by atoms with Crippen LogP contribution in [0, 0.1) is 12.7 Å². The van der Waals surface area contributed by atoms with Crippen molar-refractivity contribution in [3.8, 4) is 0 Å². The van der Waals surface area contributed by atoms with Gasteiger partial charge in [-0.1, -0.05) is 0 Å². The molecule has 2 saturated heterocycles. The monoisotopic (exact) mass is 370 g/mol. The Kier molecular flexibility index (Phi) is 5.48. The van der Waals surface area contributed by atoms with Gasteiger partial charge in [0, 0.05) is 63.6 Å². The van der Waals surface area contributed by atoms with Crippen LogP contribution in [0.3, 0.4) is 0 Å². The summed E-state index contributed by atoms with van der Waals surface area (Å²) in [6.45, 7) is 8.34. The van der Waals surface area contributed by atoms with Crippen molar-refractivity contribution in [2.24, 2.45) is 0 Å². The van der Waals surface area contributed by atoms with Crippen LogP contribution in [0.15, 0.2) is 24.5 Å². The SMILES string of the molecule is Cc1nc(N2CCCCC2)cc(N2CCN(Cc3ccncc3F)CC2)n1. The average molecular weight is 370 g/mol. The number of hydrogen-bond donors (Lipinski definition) is 0. The number of pyridine rings is 1. The minimum atomic E-state index is -0.225. The third-order valence-corrected chi connectivity index (χ3v) is 5.44. The van der Waals surface area contributed by atoms with Crippen LogP contribution in [0.2, 0.25) is 0 Å². The van der Waals surface area contributed by atoms with Gasteiger partial charge in [-0.2, -0.15) is 0 Å². The molecule has 2 aromatic heterocycles. The van der Waals surface area contributed by atoms with Gasteiger partial charge in [-0.3, -0.25) is 9.88 Å². The zero-order chi connectivity index (χ0) is 18.6. The predicted molar refractivity (Wildman–Crippen MR) is 105 cm³/mol. The fourth-order valence-corrected chi connectivity index (χ4v) is 3.89. The predicted octanol–water partition coefficient (Wildman–Crippen LogP) is 2.63. The van der Waals surface area contributed by atoms with Crippen molar-refractivity contribution in [2.75, 3.05) is 49.1 Å². The largest absolute Gasteiger partial charge is 0.356 e. The summed E-state index contributed by atoms with van der Waals surface area (Å²) < 4.78 is 13.8. The molecule has 0 atom stereocenters. The van der Waals surface area contributed by atoms with Gasteiger partial charge in [-0.15, -0.1) is 0 Å². The van der Waals surface area contributed by atoms with Crippen LogP contribution < -0.4 is 9.80 Å². The Labute approximate surface area is 160 Å². The molecule has 27 heavy (non-hydrogen) atoms. The number of piperazine rings is 1. The van der Waals surface area contributed by atoms with Crippen molar-refractivity contribution < 1.29 is 4.39 Å². The standard InChI is InChI=1S/C20H27FN6/c1-16-23-19(26-7-3-2-4-8-26)13-20(24-16)27-11-9-25(10-12-27)15-17-5-6-22-14-18(17)21/h5-6,13-14H,2-4,7-12,15H2,1H3. The van der Waals surface area contributed by atoms with Gasteiger partial charge in [0.05, 0.1) is 6.20 Å². The van der Waals surface area contributed by atoms with Crippen LogP contribution in [0.25, 0.3) is 0 Å². The van der Waals surface area contributed by atoms with Crippen LogP contribution in [0.5, 0.6) is 0 Å². The van der Waals surface area contributed by atoms with Gasteiger partial charge in [0.25, 0.3) is 0 Å². The van der Waals surface area contributed by atoms with Gasteiger partial charge in [-0.25, -0.2) is 14.4 Å². The fourth-order valence-electron chi connectivity index (χ4n) is 3.89. The molecule has 6 nitrogen and oxygen atoms in total. The van der Waals surface area contributed by atoms with E-state index in [1.165, 1.54) is 25.5 Å². The van der Waals surface area contributed by atoms with Gasteiger partial charge in [0.2, 0.25) is 0 Å². The molecule has 7 heteroatoms. The van der Waals surface area contributed by atoms with Crippen LogP contribution in [0.4, 0.5) is 16.0 Å². The molecule has 0 bridgehead atoms. The lowest BCUT2D eigenvalue weighted by Gasteiger charge is -2.36. The van der Waals surface area contributed by atoms with Crippen molar-refractivity contribution in [3.05, 3.63) is 41.7 Å². The van der Waals surface area contributed by atoms with Crippen LogP contribution in [-0.2, 0) is 6.54 Å². The smallest absolute Gasteiger partial charge is 0.145 e. The highest BCUT2D eigenvalue weighted by molar-refractivity contribution is 5.51. The molecule has 0 unspecified atom stereocenters. The number of nitrogens with zero attached hydrogens (tertiary/aromatic N) is 6. The first-order valence-electron chi connectivity index (χ1n) is 9.85. The summed E-state index contributed by atoms with van der Waals surface area (Å²) in [6, 6.07) is 3.90. The van der Waals surface area contributed by atoms with Gasteiger partial charge in [0.1, 0.15) is 23.3 Å². The average Bonchev–Trinajstić information content (AvgIpc) is 2.70. The highest BCUT2D eigenvalue weighted by atomic mass is 19.1. The summed E-state index contributed by atoms with van der Waals surface area (Å²) in [7, 11) is 0. The third-order valence-electron chi connectivity index (χ3n) is 5.44. The molecule has 144 valence electrons. The molecule has 0 saturated carbocycles. The van der Waals surface area contributed by atoms with Crippen LogP contribution in [-0.4, -0.2) is 59.1 Å². The normalized spacial score (nSPS) is 18.7. The van der Waals surface area contributed by atoms with E-state index >= 15 is 0 Å². The number of halogens is 1. The second-order valence-electron chi connectivity index (χ2n) is 7.41. The Bertz CT molecular complexity index is 769. The van der Waals surface area contributed by atoms with E-state index in [4.69, 9.17) is 0 Å². The summed E-state index contributed by atoms with van der Waals surface area (Å²) in [5, 5.41) is 0. The van der Waals surface area contributed by atoms with Gasteiger partial charge < -0.3 is 9.80 Å². The molecule has 2 aliphatic heterocycles. The zero-order valence-corrected chi connectivity index (χ0v) is 15.9. The quantitative estimate of drug-likeness (QED) is 0.825. The molecule has 0 spiro atoms. The summed E-state index contributed by atoms with van der Waals surface area (Å²) in [5.41, 5.74) is 0.712. The van der Waals surface area contributed by atoms with Crippen molar-refractivity contribution in [3.63, 3.8) is 0 Å². The van der Waals surface area contributed by atoms with E-state index in [2.05, 4.69) is 35.7 Å². The van der Waals surface area contributed by atoms with Crippen molar-refractivity contribution >= 4 is 11.6 Å². The molecule has 0 N–H and O–H groups in total. The van der Waals surface area contributed by atoms with Crippen LogP contribution >= 0.6 is 0 Å². The van der Waals surface area contributed by atoms with Gasteiger partial charge >= 0.3 is 0 Å². The van der Waals surface area contributed by atoms with Gasteiger partial charge in [0.15, 0.2) is 0 Å². The number of rotatable bonds is 4. The zero-order valence-electron chi connectivity index (χ0n) is 15.9. The second-order valence-corrected chi connectivity index (χ2v) is 7.41. The maximum absolute atomic E-state index is 13.8. The third kappa shape index (κ3) is 4.35. The molecule has 2 aliphatic rings. The highest BCUT2D eigenvalue weighted by Crippen LogP contribution is 2.23. The number of anilines is 2. The summed E-state index contributed by atoms with van der Waals surface area (Å²) in [5.74, 6) is 2.67. The molecule has 2 aromatic rings. The first-order chi connectivity index (χ1) is 13.2. The van der Waals surface area contributed by atoms with E-state index in [0.717, 1.165) is 56.7 Å². The summed E-state index contributed by atoms with van der Waals surface area (Å²) in [6.07, 6.45) is 6.73. The Morgan fingerprint density at radius 2 is 1.59 bits per heavy atom. The topological polar surface area (TPSA) is 48.4 Å². The van der Waals surface area contributed by atoms with E-state index in [9.17, 15) is 4.39 Å². The number of hydrogen-bond acceptors (Lipinski definition) is 6. The van der Waals surface area contributed by atoms with Crippen LogP contribution in [0.1, 0.15) is 30.7 Å². The van der Waals surface area contributed by atoms with Crippen molar-refractivity contribution in [2.45, 2.75) is 32.7 Å². The number of aryl methyl sites for hydroxylation is 1. The summed E-state index contributed by atoms with van der Waals surface area (Å²) >= 11 is 0. The van der Waals surface area contributed by atoms with E-state index in [-0.39, 0.29) is 5.82 Å². The molecular weight excluding hydrogens is 343 g/mol. The van der Waals surface area contributed by atoms with Gasteiger partial charge in [-0.05, 0) is 32.3 Å². The first kappa shape index (κ1) is 18.1. The van der Waals surface area contributed by atoms with E-state index in [1.807, 2.05) is 6.92 Å².